The minimum absolute atomic E-state index is 0.00403. The van der Waals surface area contributed by atoms with Crippen LogP contribution >= 0.6 is 0 Å². The van der Waals surface area contributed by atoms with Gasteiger partial charge in [-0.25, -0.2) is 0 Å². The van der Waals surface area contributed by atoms with Gasteiger partial charge in [-0.2, -0.15) is 4.68 Å². The molecular weight excluding hydrogens is 154 g/mol. The third-order valence-electron chi connectivity index (χ3n) is 1.68. The second kappa shape index (κ2) is 3.47. The second-order valence-corrected chi connectivity index (χ2v) is 2.98. The van der Waals surface area contributed by atoms with Crippen LogP contribution in [0.1, 0.15) is 31.3 Å². The van der Waals surface area contributed by atoms with E-state index in [1.165, 1.54) is 4.68 Å². The largest absolute Gasteiger partial charge is 0.272 e. The molecule has 1 rings (SSSR count). The lowest BCUT2D eigenvalue weighted by molar-refractivity contribution is 0.0832. The first-order valence-corrected chi connectivity index (χ1v) is 4.10. The number of hydrogen-bond donors (Lipinski definition) is 0. The zero-order valence-corrected chi connectivity index (χ0v) is 7.61. The summed E-state index contributed by atoms with van der Waals surface area (Å²) in [6.45, 7) is 5.68. The first-order valence-electron chi connectivity index (χ1n) is 4.10. The molecule has 0 aliphatic heterocycles. The lowest BCUT2D eigenvalue weighted by atomic mass is 10.2. The van der Waals surface area contributed by atoms with Crippen LogP contribution in [0, 0.1) is 5.92 Å². The van der Waals surface area contributed by atoms with Crippen molar-refractivity contribution in [2.75, 3.05) is 0 Å². The van der Waals surface area contributed by atoms with E-state index in [2.05, 4.69) is 10.3 Å². The van der Waals surface area contributed by atoms with Crippen molar-refractivity contribution < 1.29 is 4.79 Å². The molecule has 0 aliphatic carbocycles. The van der Waals surface area contributed by atoms with E-state index in [1.807, 2.05) is 20.8 Å². The predicted octanol–water partition coefficient (Wildman–Crippen LogP) is 1.14. The summed E-state index contributed by atoms with van der Waals surface area (Å²) in [4.78, 5) is 11.4. The van der Waals surface area contributed by atoms with Gasteiger partial charge in [0.25, 0.3) is 5.91 Å². The Balaban J connectivity index is 2.94. The van der Waals surface area contributed by atoms with E-state index >= 15 is 0 Å². The molecule has 0 saturated heterocycles. The molecule has 0 fully saturated rings. The highest BCUT2D eigenvalue weighted by molar-refractivity contribution is 5.80. The van der Waals surface area contributed by atoms with Crippen molar-refractivity contribution in [1.29, 1.82) is 0 Å². The van der Waals surface area contributed by atoms with Gasteiger partial charge in [-0.15, -0.1) is 5.10 Å². The number of rotatable bonds is 2. The number of aromatic nitrogens is 3. The van der Waals surface area contributed by atoms with Crippen molar-refractivity contribution in [2.24, 2.45) is 5.92 Å². The molecule has 0 spiro atoms. The Morgan fingerprint density at radius 1 is 1.67 bits per heavy atom. The van der Waals surface area contributed by atoms with Crippen LogP contribution in [0.25, 0.3) is 0 Å². The Labute approximate surface area is 71.6 Å². The summed E-state index contributed by atoms with van der Waals surface area (Å²) >= 11 is 0. The van der Waals surface area contributed by atoms with Crippen molar-refractivity contribution in [1.82, 2.24) is 15.0 Å². The van der Waals surface area contributed by atoms with Crippen LogP contribution in [0.4, 0.5) is 0 Å². The van der Waals surface area contributed by atoms with Crippen LogP contribution in [-0.4, -0.2) is 20.9 Å². The highest BCUT2D eigenvalue weighted by Gasteiger charge is 2.13. The third kappa shape index (κ3) is 1.52. The van der Waals surface area contributed by atoms with Crippen molar-refractivity contribution >= 4 is 5.91 Å². The van der Waals surface area contributed by atoms with Gasteiger partial charge >= 0.3 is 0 Å². The molecule has 0 radical (unpaired) electrons. The maximum Gasteiger partial charge on any atom is 0.251 e. The Kier molecular flexibility index (Phi) is 2.58. The summed E-state index contributed by atoms with van der Waals surface area (Å²) in [5.41, 5.74) is 0.869. The molecule has 0 bridgehead atoms. The topological polar surface area (TPSA) is 47.8 Å². The zero-order chi connectivity index (χ0) is 9.14. The van der Waals surface area contributed by atoms with Crippen molar-refractivity contribution in [2.45, 2.75) is 27.2 Å². The molecule has 4 nitrogen and oxygen atoms in total. The van der Waals surface area contributed by atoms with Crippen LogP contribution in [-0.2, 0) is 6.42 Å². The van der Waals surface area contributed by atoms with Gasteiger partial charge < -0.3 is 0 Å². The Morgan fingerprint density at radius 2 is 2.33 bits per heavy atom. The molecular formula is C8H13N3O. The van der Waals surface area contributed by atoms with Gasteiger partial charge in [-0.05, 0) is 6.42 Å². The number of hydrogen-bond acceptors (Lipinski definition) is 3. The summed E-state index contributed by atoms with van der Waals surface area (Å²) in [5, 5.41) is 7.41. The van der Waals surface area contributed by atoms with Crippen molar-refractivity contribution in [3.63, 3.8) is 0 Å². The molecule has 0 N–H and O–H groups in total. The van der Waals surface area contributed by atoms with Gasteiger partial charge in [0, 0.05) is 5.92 Å². The molecule has 1 heterocycles. The first-order chi connectivity index (χ1) is 5.66. The molecule has 0 amide bonds. The molecule has 0 saturated carbocycles. The van der Waals surface area contributed by atoms with E-state index in [0.29, 0.717) is 0 Å². The zero-order valence-electron chi connectivity index (χ0n) is 7.61. The highest BCUT2D eigenvalue weighted by Crippen LogP contribution is 2.02. The average molecular weight is 167 g/mol. The third-order valence-corrected chi connectivity index (χ3v) is 1.68. The van der Waals surface area contributed by atoms with E-state index < -0.39 is 0 Å². The van der Waals surface area contributed by atoms with Gasteiger partial charge in [0.05, 0.1) is 11.9 Å². The summed E-state index contributed by atoms with van der Waals surface area (Å²) in [7, 11) is 0. The number of aryl methyl sites for hydroxylation is 1. The summed E-state index contributed by atoms with van der Waals surface area (Å²) < 4.78 is 1.38. The molecule has 0 atom stereocenters. The number of nitrogens with zero attached hydrogens (tertiary/aromatic N) is 3. The maximum absolute atomic E-state index is 11.4. The quantitative estimate of drug-likeness (QED) is 0.663. The highest BCUT2D eigenvalue weighted by atomic mass is 16.2. The lowest BCUT2D eigenvalue weighted by Crippen LogP contribution is -2.20. The molecule has 0 aromatic carbocycles. The average Bonchev–Trinajstić information content (AvgIpc) is 2.49. The van der Waals surface area contributed by atoms with E-state index in [0.717, 1.165) is 12.1 Å². The molecule has 4 heteroatoms. The number of carbonyl (C=O) groups is 1. The smallest absolute Gasteiger partial charge is 0.251 e. The summed E-state index contributed by atoms with van der Waals surface area (Å²) in [5.74, 6) is -0.0265. The Bertz CT molecular complexity index is 278. The molecule has 1 aromatic rings. The fourth-order valence-electron chi connectivity index (χ4n) is 0.927. The van der Waals surface area contributed by atoms with E-state index in [4.69, 9.17) is 0 Å². The molecule has 1 aromatic heterocycles. The van der Waals surface area contributed by atoms with Crippen LogP contribution < -0.4 is 0 Å². The van der Waals surface area contributed by atoms with E-state index in [9.17, 15) is 4.79 Å². The predicted molar refractivity (Wildman–Crippen MR) is 44.9 cm³/mol. The Morgan fingerprint density at radius 3 is 2.83 bits per heavy atom. The maximum atomic E-state index is 11.4. The SMILES string of the molecule is CCc1cnnn1C(=O)C(C)C. The van der Waals surface area contributed by atoms with Crippen LogP contribution in [0.15, 0.2) is 6.20 Å². The van der Waals surface area contributed by atoms with E-state index in [-0.39, 0.29) is 11.8 Å². The number of carbonyl (C=O) groups excluding carboxylic acids is 1. The van der Waals surface area contributed by atoms with Gasteiger partial charge in [0.2, 0.25) is 0 Å². The molecule has 66 valence electrons. The van der Waals surface area contributed by atoms with Crippen LogP contribution in [0.3, 0.4) is 0 Å². The standard InChI is InChI=1S/C8H13N3O/c1-4-7-5-9-10-11(7)8(12)6(2)3/h5-6H,4H2,1-3H3. The van der Waals surface area contributed by atoms with Gasteiger partial charge in [-0.1, -0.05) is 26.0 Å². The Hall–Kier alpha value is -1.19. The van der Waals surface area contributed by atoms with Gasteiger partial charge in [-0.3, -0.25) is 4.79 Å². The molecule has 0 unspecified atom stereocenters. The fraction of sp³-hybridized carbons (Fsp3) is 0.625. The molecule has 0 aliphatic rings. The van der Waals surface area contributed by atoms with Gasteiger partial charge in [0.15, 0.2) is 0 Å². The fourth-order valence-corrected chi connectivity index (χ4v) is 0.927. The normalized spacial score (nSPS) is 10.7. The summed E-state index contributed by atoms with van der Waals surface area (Å²) in [6, 6.07) is 0. The lowest BCUT2D eigenvalue weighted by Gasteiger charge is -2.04. The van der Waals surface area contributed by atoms with Crippen LogP contribution in [0.2, 0.25) is 0 Å². The minimum Gasteiger partial charge on any atom is -0.272 e. The van der Waals surface area contributed by atoms with Crippen molar-refractivity contribution in [3.8, 4) is 0 Å². The van der Waals surface area contributed by atoms with Crippen LogP contribution in [0.5, 0.6) is 0 Å². The second-order valence-electron chi connectivity index (χ2n) is 2.98. The monoisotopic (exact) mass is 167 g/mol. The van der Waals surface area contributed by atoms with Crippen molar-refractivity contribution in [3.05, 3.63) is 11.9 Å². The van der Waals surface area contributed by atoms with E-state index in [1.54, 1.807) is 6.20 Å². The molecule has 12 heavy (non-hydrogen) atoms. The first kappa shape index (κ1) is 8.90. The summed E-state index contributed by atoms with van der Waals surface area (Å²) in [6.07, 6.45) is 2.41. The minimum atomic E-state index is -0.0306. The van der Waals surface area contributed by atoms with Gasteiger partial charge in [0.1, 0.15) is 0 Å².